The highest BCUT2D eigenvalue weighted by atomic mass is 16.5. The van der Waals surface area contributed by atoms with Crippen LogP contribution in [0, 0.1) is 0 Å². The number of ether oxygens (including phenoxy) is 1. The second kappa shape index (κ2) is 5.77. The van der Waals surface area contributed by atoms with Gasteiger partial charge in [-0.25, -0.2) is 4.79 Å². The van der Waals surface area contributed by atoms with E-state index in [1.165, 1.54) is 0 Å². The minimum absolute atomic E-state index is 0.0638. The maximum Gasteiger partial charge on any atom is 0.331 e. The Labute approximate surface area is 73.0 Å². The molecule has 0 heterocycles. The highest BCUT2D eigenvalue weighted by molar-refractivity contribution is 5.85. The van der Waals surface area contributed by atoms with Gasteiger partial charge in [0.25, 0.3) is 0 Å². The van der Waals surface area contributed by atoms with Gasteiger partial charge in [0.15, 0.2) is 0 Å². The molecule has 0 aromatic rings. The van der Waals surface area contributed by atoms with Gasteiger partial charge in [0.2, 0.25) is 0 Å². The summed E-state index contributed by atoms with van der Waals surface area (Å²) in [5.41, 5.74) is 0.343. The normalized spacial score (nSPS) is 14.4. The summed E-state index contributed by atoms with van der Waals surface area (Å²) >= 11 is 0. The van der Waals surface area contributed by atoms with E-state index in [1.807, 2.05) is 13.8 Å². The lowest BCUT2D eigenvalue weighted by Crippen LogP contribution is -2.10. The average Bonchev–Trinajstić information content (AvgIpc) is 2.03. The van der Waals surface area contributed by atoms with Crippen LogP contribution in [-0.4, -0.2) is 23.8 Å². The van der Waals surface area contributed by atoms with Crippen LogP contribution in [0.25, 0.3) is 0 Å². The van der Waals surface area contributed by atoms with Crippen LogP contribution in [0.5, 0.6) is 0 Å². The summed E-state index contributed by atoms with van der Waals surface area (Å²) in [5, 5.41) is 8.57. The van der Waals surface area contributed by atoms with Gasteiger partial charge in [0.05, 0.1) is 6.10 Å². The Morgan fingerprint density at radius 1 is 1.58 bits per heavy atom. The Hall–Kier alpha value is -0.830. The molecule has 0 aliphatic carbocycles. The number of rotatable bonds is 5. The monoisotopic (exact) mass is 172 g/mol. The lowest BCUT2D eigenvalue weighted by molar-refractivity contribution is -0.132. The van der Waals surface area contributed by atoms with E-state index in [0.29, 0.717) is 12.2 Å². The molecule has 1 atom stereocenters. The summed E-state index contributed by atoms with van der Waals surface area (Å²) in [6, 6.07) is 0. The highest BCUT2D eigenvalue weighted by Crippen LogP contribution is 2.04. The molecule has 0 rings (SSSR count). The van der Waals surface area contributed by atoms with E-state index in [0.717, 1.165) is 6.42 Å². The molecule has 0 amide bonds. The lowest BCUT2D eigenvalue weighted by atomic mass is 10.2. The smallest absolute Gasteiger partial charge is 0.331 e. The Kier molecular flexibility index (Phi) is 5.37. The van der Waals surface area contributed by atoms with E-state index < -0.39 is 5.97 Å². The fourth-order valence-electron chi connectivity index (χ4n) is 0.848. The van der Waals surface area contributed by atoms with Crippen molar-refractivity contribution in [2.45, 2.75) is 33.3 Å². The lowest BCUT2D eigenvalue weighted by Gasteiger charge is -2.10. The standard InChI is InChI=1S/C9H16O3/c1-4-8(12-5-2)6-7(3)9(10)11/h6,8H,4-5H2,1-3H3,(H,10,11). The summed E-state index contributed by atoms with van der Waals surface area (Å²) in [4.78, 5) is 10.4. The molecule has 3 heteroatoms. The van der Waals surface area contributed by atoms with E-state index in [-0.39, 0.29) is 6.10 Å². The number of carbonyl (C=O) groups is 1. The quantitative estimate of drug-likeness (QED) is 0.643. The van der Waals surface area contributed by atoms with E-state index in [9.17, 15) is 4.79 Å². The van der Waals surface area contributed by atoms with Gasteiger partial charge in [0.1, 0.15) is 0 Å². The summed E-state index contributed by atoms with van der Waals surface area (Å²) in [5.74, 6) is -0.881. The second-order valence-corrected chi connectivity index (χ2v) is 2.56. The largest absolute Gasteiger partial charge is 0.478 e. The minimum atomic E-state index is -0.881. The summed E-state index contributed by atoms with van der Waals surface area (Å²) in [6.45, 7) is 6.05. The third-order valence-corrected chi connectivity index (χ3v) is 1.56. The Bertz CT molecular complexity index is 173. The molecule has 0 aromatic carbocycles. The first-order valence-electron chi connectivity index (χ1n) is 4.15. The van der Waals surface area contributed by atoms with Gasteiger partial charge < -0.3 is 9.84 Å². The van der Waals surface area contributed by atoms with Gasteiger partial charge >= 0.3 is 5.97 Å². The van der Waals surface area contributed by atoms with Crippen molar-refractivity contribution in [2.24, 2.45) is 0 Å². The molecule has 3 nitrogen and oxygen atoms in total. The Balaban J connectivity index is 4.14. The van der Waals surface area contributed by atoms with Crippen LogP contribution in [0.1, 0.15) is 27.2 Å². The summed E-state index contributed by atoms with van der Waals surface area (Å²) in [7, 11) is 0. The summed E-state index contributed by atoms with van der Waals surface area (Å²) in [6.07, 6.45) is 2.38. The molecule has 1 unspecified atom stereocenters. The van der Waals surface area contributed by atoms with E-state index in [1.54, 1.807) is 13.0 Å². The van der Waals surface area contributed by atoms with Crippen LogP contribution < -0.4 is 0 Å². The molecule has 0 fully saturated rings. The zero-order valence-electron chi connectivity index (χ0n) is 7.83. The predicted octanol–water partition coefficient (Wildman–Crippen LogP) is 1.83. The number of carboxylic acids is 1. The first kappa shape index (κ1) is 11.2. The molecule has 0 aliphatic rings. The number of carboxylic acid groups (broad SMARTS) is 1. The van der Waals surface area contributed by atoms with Crippen LogP contribution in [-0.2, 0) is 9.53 Å². The minimum Gasteiger partial charge on any atom is -0.478 e. The third-order valence-electron chi connectivity index (χ3n) is 1.56. The topological polar surface area (TPSA) is 46.5 Å². The van der Waals surface area contributed by atoms with Gasteiger partial charge in [0, 0.05) is 12.2 Å². The molecule has 0 aromatic heterocycles. The van der Waals surface area contributed by atoms with Gasteiger partial charge in [-0.1, -0.05) is 6.92 Å². The molecular formula is C9H16O3. The highest BCUT2D eigenvalue weighted by Gasteiger charge is 2.05. The van der Waals surface area contributed by atoms with Crippen molar-refractivity contribution < 1.29 is 14.6 Å². The van der Waals surface area contributed by atoms with Crippen molar-refractivity contribution >= 4 is 5.97 Å². The number of hydrogen-bond acceptors (Lipinski definition) is 2. The van der Waals surface area contributed by atoms with Gasteiger partial charge in [-0.2, -0.15) is 0 Å². The van der Waals surface area contributed by atoms with Crippen LogP contribution in [0.15, 0.2) is 11.6 Å². The van der Waals surface area contributed by atoms with Crippen LogP contribution >= 0.6 is 0 Å². The van der Waals surface area contributed by atoms with E-state index in [4.69, 9.17) is 9.84 Å². The summed E-state index contributed by atoms with van der Waals surface area (Å²) < 4.78 is 5.27. The first-order chi connectivity index (χ1) is 5.61. The van der Waals surface area contributed by atoms with Crippen LogP contribution in [0.4, 0.5) is 0 Å². The molecule has 0 bridgehead atoms. The molecule has 0 saturated carbocycles. The van der Waals surface area contributed by atoms with Gasteiger partial charge in [-0.3, -0.25) is 0 Å². The molecule has 70 valence electrons. The predicted molar refractivity (Wildman–Crippen MR) is 47.1 cm³/mol. The van der Waals surface area contributed by atoms with Crippen molar-refractivity contribution in [3.63, 3.8) is 0 Å². The zero-order chi connectivity index (χ0) is 9.56. The first-order valence-corrected chi connectivity index (χ1v) is 4.15. The van der Waals surface area contributed by atoms with E-state index >= 15 is 0 Å². The Morgan fingerprint density at radius 3 is 2.50 bits per heavy atom. The maximum absolute atomic E-state index is 10.4. The van der Waals surface area contributed by atoms with Gasteiger partial charge in [-0.15, -0.1) is 0 Å². The molecule has 12 heavy (non-hydrogen) atoms. The van der Waals surface area contributed by atoms with Crippen molar-refractivity contribution in [2.75, 3.05) is 6.61 Å². The fraction of sp³-hybridized carbons (Fsp3) is 0.667. The molecule has 0 saturated heterocycles. The number of hydrogen-bond donors (Lipinski definition) is 1. The number of aliphatic carboxylic acids is 1. The average molecular weight is 172 g/mol. The molecule has 0 radical (unpaired) electrons. The molecule has 0 aliphatic heterocycles. The molecular weight excluding hydrogens is 156 g/mol. The van der Waals surface area contributed by atoms with E-state index in [2.05, 4.69) is 0 Å². The van der Waals surface area contributed by atoms with Crippen LogP contribution in [0.3, 0.4) is 0 Å². The second-order valence-electron chi connectivity index (χ2n) is 2.56. The van der Waals surface area contributed by atoms with Gasteiger partial charge in [-0.05, 0) is 26.3 Å². The zero-order valence-corrected chi connectivity index (χ0v) is 7.83. The van der Waals surface area contributed by atoms with Crippen molar-refractivity contribution in [1.82, 2.24) is 0 Å². The Morgan fingerprint density at radius 2 is 2.17 bits per heavy atom. The SMILES string of the molecule is CCOC(C=C(C)C(=O)O)CC. The van der Waals surface area contributed by atoms with Crippen molar-refractivity contribution in [1.29, 1.82) is 0 Å². The van der Waals surface area contributed by atoms with Crippen molar-refractivity contribution in [3.05, 3.63) is 11.6 Å². The van der Waals surface area contributed by atoms with Crippen molar-refractivity contribution in [3.8, 4) is 0 Å². The van der Waals surface area contributed by atoms with Crippen LogP contribution in [0.2, 0.25) is 0 Å². The molecule has 0 spiro atoms. The third kappa shape index (κ3) is 4.13. The fourth-order valence-corrected chi connectivity index (χ4v) is 0.848. The maximum atomic E-state index is 10.4. The molecule has 1 N–H and O–H groups in total.